The molecule has 2 heteroatoms. The van der Waals surface area contributed by atoms with Gasteiger partial charge in [-0.05, 0) is 84.1 Å². The van der Waals surface area contributed by atoms with Crippen LogP contribution in [-0.4, -0.2) is 16.3 Å². The highest BCUT2D eigenvalue weighted by Gasteiger charge is 2.56. The maximum absolute atomic E-state index is 11.1. The van der Waals surface area contributed by atoms with Crippen LogP contribution in [0.1, 0.15) is 70.4 Å². The van der Waals surface area contributed by atoms with Gasteiger partial charge < -0.3 is 10.2 Å². The Hall–Kier alpha value is -1.28. The fourth-order valence-electron chi connectivity index (χ4n) is 6.12. The summed E-state index contributed by atoms with van der Waals surface area (Å²) in [7, 11) is 0. The highest BCUT2D eigenvalue weighted by Crippen LogP contribution is 2.62. The molecule has 0 heterocycles. The number of allylic oxidation sites excluding steroid dienone is 1. The number of aromatic hydroxyl groups is 1. The first-order valence-corrected chi connectivity index (χ1v) is 9.90. The van der Waals surface area contributed by atoms with Gasteiger partial charge in [0.2, 0.25) is 0 Å². The number of fused-ring (bicyclic) bond motifs is 5. The maximum atomic E-state index is 11.1. The SMILES string of the molecule is CC(C)(C)/C=C1\CC2C3CCc4cc(O)ccc4C3CC[C@]2(C)[C@H]1O. The molecule has 0 bridgehead atoms. The van der Waals surface area contributed by atoms with Crippen LogP contribution in [0, 0.1) is 22.7 Å². The lowest BCUT2D eigenvalue weighted by molar-refractivity contribution is -0.0161. The van der Waals surface area contributed by atoms with Gasteiger partial charge in [0.1, 0.15) is 5.75 Å². The van der Waals surface area contributed by atoms with Crippen molar-refractivity contribution in [2.24, 2.45) is 22.7 Å². The second kappa shape index (κ2) is 5.61. The Morgan fingerprint density at radius 1 is 1.20 bits per heavy atom. The van der Waals surface area contributed by atoms with Crippen molar-refractivity contribution in [3.63, 3.8) is 0 Å². The second-order valence-corrected chi connectivity index (χ2v) is 10.0. The standard InChI is InChI=1S/C23H32O2/c1-22(2,3)13-15-12-20-19-7-5-14-11-16(24)6-8-17(14)18(19)9-10-23(20,4)21(15)25/h6,8,11,13,18-21,24-25H,5,7,9-10,12H2,1-4H3/b15-13+/t18?,19?,20?,21-,23-/m0/s1. The van der Waals surface area contributed by atoms with E-state index in [1.54, 1.807) is 0 Å². The number of aryl methyl sites for hydroxylation is 1. The quantitative estimate of drug-likeness (QED) is 0.638. The van der Waals surface area contributed by atoms with E-state index >= 15 is 0 Å². The number of phenolic OH excluding ortho intramolecular Hbond substituents is 1. The summed E-state index contributed by atoms with van der Waals surface area (Å²) in [6.07, 6.45) is 7.62. The van der Waals surface area contributed by atoms with Crippen LogP contribution in [0.2, 0.25) is 0 Å². The topological polar surface area (TPSA) is 40.5 Å². The maximum Gasteiger partial charge on any atom is 0.115 e. The predicted octanol–water partition coefficient (Wildman–Crippen LogP) is 5.19. The molecule has 0 aromatic heterocycles. The number of hydrogen-bond donors (Lipinski definition) is 2. The van der Waals surface area contributed by atoms with Crippen LogP contribution in [-0.2, 0) is 6.42 Å². The normalized spacial score (nSPS) is 39.0. The van der Waals surface area contributed by atoms with Crippen molar-refractivity contribution in [2.45, 2.75) is 71.8 Å². The van der Waals surface area contributed by atoms with Gasteiger partial charge in [-0.2, -0.15) is 0 Å². The summed E-state index contributed by atoms with van der Waals surface area (Å²) in [6.45, 7) is 9.00. The molecule has 25 heavy (non-hydrogen) atoms. The molecule has 0 saturated heterocycles. The summed E-state index contributed by atoms with van der Waals surface area (Å²) >= 11 is 0. The first-order chi connectivity index (χ1) is 11.7. The summed E-state index contributed by atoms with van der Waals surface area (Å²) in [5, 5.41) is 20.9. The number of benzene rings is 1. The average molecular weight is 341 g/mol. The van der Waals surface area contributed by atoms with Crippen LogP contribution in [0.4, 0.5) is 0 Å². The molecule has 2 nitrogen and oxygen atoms in total. The van der Waals surface area contributed by atoms with E-state index in [1.807, 2.05) is 12.1 Å². The van der Waals surface area contributed by atoms with Crippen molar-refractivity contribution in [3.05, 3.63) is 41.0 Å². The fraction of sp³-hybridized carbons (Fsp3) is 0.652. The molecule has 5 atom stereocenters. The third-order valence-corrected chi connectivity index (χ3v) is 7.20. The lowest BCUT2D eigenvalue weighted by Crippen LogP contribution is -2.44. The van der Waals surface area contributed by atoms with Gasteiger partial charge in [0.15, 0.2) is 0 Å². The van der Waals surface area contributed by atoms with Gasteiger partial charge in [-0.15, -0.1) is 0 Å². The zero-order valence-corrected chi connectivity index (χ0v) is 16.0. The summed E-state index contributed by atoms with van der Waals surface area (Å²) in [5.41, 5.74) is 4.23. The number of phenols is 1. The molecule has 4 rings (SSSR count). The molecular weight excluding hydrogens is 308 g/mol. The molecule has 0 aliphatic heterocycles. The Kier molecular flexibility index (Phi) is 3.85. The first kappa shape index (κ1) is 17.1. The van der Waals surface area contributed by atoms with Crippen LogP contribution in [0.5, 0.6) is 5.75 Å². The van der Waals surface area contributed by atoms with Gasteiger partial charge in [-0.3, -0.25) is 0 Å². The summed E-state index contributed by atoms with van der Waals surface area (Å²) in [6, 6.07) is 5.97. The molecular formula is C23H32O2. The molecule has 1 aromatic rings. The summed E-state index contributed by atoms with van der Waals surface area (Å²) < 4.78 is 0. The van der Waals surface area contributed by atoms with Crippen LogP contribution in [0.3, 0.4) is 0 Å². The molecule has 0 spiro atoms. The number of hydrogen-bond acceptors (Lipinski definition) is 2. The van der Waals surface area contributed by atoms with E-state index in [2.05, 4.69) is 39.8 Å². The highest BCUT2D eigenvalue weighted by molar-refractivity contribution is 5.41. The van der Waals surface area contributed by atoms with Gasteiger partial charge >= 0.3 is 0 Å². The van der Waals surface area contributed by atoms with Crippen LogP contribution in [0.15, 0.2) is 29.8 Å². The zero-order chi connectivity index (χ0) is 18.0. The van der Waals surface area contributed by atoms with Crippen LogP contribution >= 0.6 is 0 Å². The lowest BCUT2D eigenvalue weighted by Gasteiger charge is -2.49. The molecule has 2 fully saturated rings. The van der Waals surface area contributed by atoms with Gasteiger partial charge in [0, 0.05) is 5.41 Å². The molecule has 2 saturated carbocycles. The van der Waals surface area contributed by atoms with Gasteiger partial charge in [-0.25, -0.2) is 0 Å². The van der Waals surface area contributed by atoms with E-state index < -0.39 is 0 Å². The van der Waals surface area contributed by atoms with Crippen LogP contribution < -0.4 is 0 Å². The minimum absolute atomic E-state index is 0.0344. The molecule has 1 aromatic carbocycles. The number of rotatable bonds is 0. The smallest absolute Gasteiger partial charge is 0.115 e. The zero-order valence-electron chi connectivity index (χ0n) is 16.0. The Balaban J connectivity index is 1.69. The van der Waals surface area contributed by atoms with Gasteiger partial charge in [0.05, 0.1) is 6.10 Å². The third-order valence-electron chi connectivity index (χ3n) is 7.20. The highest BCUT2D eigenvalue weighted by atomic mass is 16.3. The summed E-state index contributed by atoms with van der Waals surface area (Å²) in [4.78, 5) is 0. The molecule has 0 radical (unpaired) electrons. The largest absolute Gasteiger partial charge is 0.508 e. The van der Waals surface area contributed by atoms with Crippen molar-refractivity contribution >= 4 is 0 Å². The minimum Gasteiger partial charge on any atom is -0.508 e. The van der Waals surface area contributed by atoms with Crippen LogP contribution in [0.25, 0.3) is 0 Å². The van der Waals surface area contributed by atoms with Gasteiger partial charge in [0.25, 0.3) is 0 Å². The monoisotopic (exact) mass is 340 g/mol. The molecule has 3 unspecified atom stereocenters. The van der Waals surface area contributed by atoms with E-state index in [0.29, 0.717) is 23.5 Å². The van der Waals surface area contributed by atoms with Crippen molar-refractivity contribution in [3.8, 4) is 5.75 Å². The van der Waals surface area contributed by atoms with E-state index in [1.165, 1.54) is 23.1 Å². The molecule has 136 valence electrons. The molecule has 3 aliphatic carbocycles. The number of aliphatic hydroxyl groups excluding tert-OH is 1. The minimum atomic E-state index is -0.279. The van der Waals surface area contributed by atoms with Crippen molar-refractivity contribution in [1.82, 2.24) is 0 Å². The Morgan fingerprint density at radius 2 is 1.96 bits per heavy atom. The Morgan fingerprint density at radius 3 is 2.68 bits per heavy atom. The average Bonchev–Trinajstić information content (AvgIpc) is 2.77. The van der Waals surface area contributed by atoms with E-state index in [0.717, 1.165) is 25.7 Å². The third kappa shape index (κ3) is 2.73. The second-order valence-electron chi connectivity index (χ2n) is 10.0. The van der Waals surface area contributed by atoms with Crippen molar-refractivity contribution in [1.29, 1.82) is 0 Å². The molecule has 3 aliphatic rings. The van der Waals surface area contributed by atoms with E-state index in [9.17, 15) is 10.2 Å². The lowest BCUT2D eigenvalue weighted by atomic mass is 9.55. The van der Waals surface area contributed by atoms with E-state index in [4.69, 9.17) is 0 Å². The Bertz CT molecular complexity index is 711. The van der Waals surface area contributed by atoms with E-state index in [-0.39, 0.29) is 16.9 Å². The van der Waals surface area contributed by atoms with Gasteiger partial charge in [-0.1, -0.05) is 39.8 Å². The Labute approximate surface area is 152 Å². The fourth-order valence-corrected chi connectivity index (χ4v) is 6.12. The number of aliphatic hydroxyl groups is 1. The van der Waals surface area contributed by atoms with Crippen molar-refractivity contribution in [2.75, 3.05) is 0 Å². The molecule has 0 amide bonds. The molecule has 2 N–H and O–H groups in total. The summed E-state index contributed by atoms with van der Waals surface area (Å²) in [5.74, 6) is 2.24. The van der Waals surface area contributed by atoms with Crippen molar-refractivity contribution < 1.29 is 10.2 Å². The predicted molar refractivity (Wildman–Crippen MR) is 102 cm³/mol. The first-order valence-electron chi connectivity index (χ1n) is 9.90.